The van der Waals surface area contributed by atoms with Gasteiger partial charge in [0.25, 0.3) is 0 Å². The summed E-state index contributed by atoms with van der Waals surface area (Å²) in [6.45, 7) is 2.72. The predicted molar refractivity (Wildman–Crippen MR) is 73.8 cm³/mol. The normalized spacial score (nSPS) is 12.1. The van der Waals surface area contributed by atoms with Crippen LogP contribution in [0.2, 0.25) is 0 Å². The van der Waals surface area contributed by atoms with E-state index in [0.29, 0.717) is 0 Å². The van der Waals surface area contributed by atoms with E-state index in [-0.39, 0.29) is 16.6 Å². The molecule has 0 spiro atoms. The second-order valence-electron chi connectivity index (χ2n) is 5.11. The van der Waals surface area contributed by atoms with Crippen LogP contribution in [0.4, 0.5) is 18.9 Å². The Labute approximate surface area is 127 Å². The average Bonchev–Trinajstić information content (AvgIpc) is 2.29. The van der Waals surface area contributed by atoms with Gasteiger partial charge in [-0.1, -0.05) is 15.9 Å². The number of alkyl halides is 3. The summed E-state index contributed by atoms with van der Waals surface area (Å²) < 4.78 is 38.0. The van der Waals surface area contributed by atoms with Crippen molar-refractivity contribution in [3.05, 3.63) is 28.2 Å². The zero-order valence-corrected chi connectivity index (χ0v) is 12.8. The number of hydrogen-bond donors (Lipinski definition) is 2. The molecule has 0 aliphatic rings. The molecular formula is C13H13BrF3NO3. The van der Waals surface area contributed by atoms with Crippen molar-refractivity contribution >= 4 is 33.5 Å². The largest absolute Gasteiger partial charge is 0.481 e. The lowest BCUT2D eigenvalue weighted by Crippen LogP contribution is -2.29. The van der Waals surface area contributed by atoms with E-state index in [0.717, 1.165) is 6.07 Å². The molecule has 0 heterocycles. The van der Waals surface area contributed by atoms with E-state index >= 15 is 0 Å². The molecule has 0 saturated carbocycles. The van der Waals surface area contributed by atoms with Crippen molar-refractivity contribution in [2.24, 2.45) is 5.41 Å². The maximum absolute atomic E-state index is 12.7. The number of benzene rings is 1. The minimum absolute atomic E-state index is 0.0447. The number of hydrogen-bond acceptors (Lipinski definition) is 2. The van der Waals surface area contributed by atoms with Crippen molar-refractivity contribution in [3.63, 3.8) is 0 Å². The lowest BCUT2D eigenvalue weighted by atomic mass is 9.89. The van der Waals surface area contributed by atoms with Gasteiger partial charge in [-0.25, -0.2) is 0 Å². The summed E-state index contributed by atoms with van der Waals surface area (Å²) in [5.41, 5.74) is -2.26. The number of carboxylic acids is 1. The van der Waals surface area contributed by atoms with Gasteiger partial charge in [-0.2, -0.15) is 13.2 Å². The fraction of sp³-hybridized carbons (Fsp3) is 0.385. The van der Waals surface area contributed by atoms with E-state index in [1.165, 1.54) is 26.0 Å². The maximum atomic E-state index is 12.7. The molecule has 0 aliphatic heterocycles. The van der Waals surface area contributed by atoms with Crippen LogP contribution in [0.5, 0.6) is 0 Å². The van der Waals surface area contributed by atoms with Gasteiger partial charge in [0.05, 0.1) is 11.0 Å². The molecule has 0 unspecified atom stereocenters. The second-order valence-corrected chi connectivity index (χ2v) is 5.96. The van der Waals surface area contributed by atoms with Crippen LogP contribution in [0.15, 0.2) is 22.7 Å². The molecule has 0 fully saturated rings. The predicted octanol–water partition coefficient (Wildman–Crippen LogP) is 3.91. The minimum Gasteiger partial charge on any atom is -0.481 e. The molecule has 1 aromatic carbocycles. The first-order chi connectivity index (χ1) is 9.43. The van der Waals surface area contributed by atoms with Crippen LogP contribution in [0.3, 0.4) is 0 Å². The Hall–Kier alpha value is -1.57. The molecule has 0 radical (unpaired) electrons. The maximum Gasteiger partial charge on any atom is 0.417 e. The number of carbonyl (C=O) groups is 2. The number of rotatable bonds is 4. The van der Waals surface area contributed by atoms with E-state index in [9.17, 15) is 22.8 Å². The van der Waals surface area contributed by atoms with Gasteiger partial charge in [0.15, 0.2) is 0 Å². The quantitative estimate of drug-likeness (QED) is 0.847. The molecule has 8 heteroatoms. The Morgan fingerprint density at radius 3 is 2.33 bits per heavy atom. The Morgan fingerprint density at radius 1 is 1.29 bits per heavy atom. The summed E-state index contributed by atoms with van der Waals surface area (Å²) >= 11 is 2.79. The Kier molecular flexibility index (Phi) is 5.03. The third-order valence-electron chi connectivity index (χ3n) is 2.74. The number of aliphatic carboxylic acids is 1. The van der Waals surface area contributed by atoms with Crippen LogP contribution < -0.4 is 5.32 Å². The Morgan fingerprint density at radius 2 is 1.86 bits per heavy atom. The molecule has 2 N–H and O–H groups in total. The SMILES string of the molecule is CC(C)(CC(=O)Nc1ccc(Br)c(C(F)(F)F)c1)C(=O)O. The minimum atomic E-state index is -4.56. The van der Waals surface area contributed by atoms with Crippen molar-refractivity contribution in [1.82, 2.24) is 0 Å². The summed E-state index contributed by atoms with van der Waals surface area (Å²) in [4.78, 5) is 22.6. The molecule has 116 valence electrons. The second kappa shape index (κ2) is 6.05. The van der Waals surface area contributed by atoms with Gasteiger partial charge in [0.1, 0.15) is 0 Å². The van der Waals surface area contributed by atoms with Crippen LogP contribution in [-0.4, -0.2) is 17.0 Å². The zero-order valence-electron chi connectivity index (χ0n) is 11.2. The average molecular weight is 368 g/mol. The summed E-state index contributed by atoms with van der Waals surface area (Å²) in [6.07, 6.45) is -4.90. The molecule has 0 aromatic heterocycles. The van der Waals surface area contributed by atoms with Gasteiger partial charge in [-0.05, 0) is 32.0 Å². The lowest BCUT2D eigenvalue weighted by Gasteiger charge is -2.18. The van der Waals surface area contributed by atoms with Gasteiger partial charge < -0.3 is 10.4 Å². The van der Waals surface area contributed by atoms with Crippen LogP contribution in [-0.2, 0) is 15.8 Å². The van der Waals surface area contributed by atoms with E-state index in [1.807, 2.05) is 0 Å². The summed E-state index contributed by atoms with van der Waals surface area (Å²) in [5.74, 6) is -1.83. The highest BCUT2D eigenvalue weighted by Crippen LogP contribution is 2.36. The van der Waals surface area contributed by atoms with Crippen molar-refractivity contribution in [3.8, 4) is 0 Å². The summed E-state index contributed by atoms with van der Waals surface area (Å²) in [5, 5.41) is 11.2. The van der Waals surface area contributed by atoms with E-state index in [4.69, 9.17) is 5.11 Å². The molecular weight excluding hydrogens is 355 g/mol. The lowest BCUT2D eigenvalue weighted by molar-refractivity contribution is -0.149. The fourth-order valence-corrected chi connectivity index (χ4v) is 1.97. The molecule has 0 atom stereocenters. The van der Waals surface area contributed by atoms with E-state index in [2.05, 4.69) is 21.2 Å². The number of anilines is 1. The molecule has 0 aliphatic carbocycles. The van der Waals surface area contributed by atoms with Crippen molar-refractivity contribution in [1.29, 1.82) is 0 Å². The van der Waals surface area contributed by atoms with E-state index in [1.54, 1.807) is 0 Å². The third kappa shape index (κ3) is 4.73. The molecule has 1 rings (SSSR count). The standard InChI is InChI=1S/C13H13BrF3NO3/c1-12(2,11(20)21)6-10(19)18-7-3-4-9(14)8(5-7)13(15,16)17/h3-5H,6H2,1-2H3,(H,18,19)(H,20,21). The zero-order chi connectivity index (χ0) is 16.4. The number of carboxylic acid groups (broad SMARTS) is 1. The van der Waals surface area contributed by atoms with Gasteiger partial charge in [0, 0.05) is 16.6 Å². The first-order valence-corrected chi connectivity index (χ1v) is 6.63. The Bertz CT molecular complexity index is 570. The van der Waals surface area contributed by atoms with Gasteiger partial charge in [0.2, 0.25) is 5.91 Å². The number of carbonyl (C=O) groups excluding carboxylic acids is 1. The molecule has 0 bridgehead atoms. The van der Waals surface area contributed by atoms with Gasteiger partial charge in [-0.15, -0.1) is 0 Å². The number of halogens is 4. The summed E-state index contributed by atoms with van der Waals surface area (Å²) in [7, 11) is 0. The van der Waals surface area contributed by atoms with Crippen LogP contribution in [0.25, 0.3) is 0 Å². The highest BCUT2D eigenvalue weighted by Gasteiger charge is 2.34. The van der Waals surface area contributed by atoms with Gasteiger partial charge >= 0.3 is 12.1 Å². The first kappa shape index (κ1) is 17.5. The molecule has 21 heavy (non-hydrogen) atoms. The number of amides is 1. The highest BCUT2D eigenvalue weighted by molar-refractivity contribution is 9.10. The molecule has 4 nitrogen and oxygen atoms in total. The fourth-order valence-electron chi connectivity index (χ4n) is 1.50. The van der Waals surface area contributed by atoms with Crippen molar-refractivity contribution in [2.45, 2.75) is 26.4 Å². The molecule has 1 amide bonds. The first-order valence-electron chi connectivity index (χ1n) is 5.83. The Balaban J connectivity index is 2.90. The van der Waals surface area contributed by atoms with E-state index < -0.39 is 29.0 Å². The van der Waals surface area contributed by atoms with Crippen molar-refractivity contribution in [2.75, 3.05) is 5.32 Å². The third-order valence-corrected chi connectivity index (χ3v) is 3.43. The van der Waals surface area contributed by atoms with Crippen LogP contribution in [0, 0.1) is 5.41 Å². The molecule has 0 saturated heterocycles. The summed E-state index contributed by atoms with van der Waals surface area (Å²) in [6, 6.07) is 3.25. The smallest absolute Gasteiger partial charge is 0.417 e. The highest BCUT2D eigenvalue weighted by atomic mass is 79.9. The molecule has 1 aromatic rings. The topological polar surface area (TPSA) is 66.4 Å². The monoisotopic (exact) mass is 367 g/mol. The van der Waals surface area contributed by atoms with Crippen molar-refractivity contribution < 1.29 is 27.9 Å². The van der Waals surface area contributed by atoms with Crippen LogP contribution in [0.1, 0.15) is 25.8 Å². The van der Waals surface area contributed by atoms with Crippen LogP contribution >= 0.6 is 15.9 Å². The number of nitrogens with one attached hydrogen (secondary N) is 1. The van der Waals surface area contributed by atoms with Gasteiger partial charge in [-0.3, -0.25) is 9.59 Å².